The number of para-hydroxylation sites is 1. The molecule has 0 radical (unpaired) electrons. The summed E-state index contributed by atoms with van der Waals surface area (Å²) in [5, 5.41) is 1.09. The van der Waals surface area contributed by atoms with E-state index < -0.39 is 0 Å². The predicted octanol–water partition coefficient (Wildman–Crippen LogP) is 3.08. The Hall–Kier alpha value is -1.65. The molecule has 19 heavy (non-hydrogen) atoms. The van der Waals surface area contributed by atoms with Crippen molar-refractivity contribution in [3.63, 3.8) is 0 Å². The number of benzene rings is 1. The molecule has 1 aromatic heterocycles. The minimum absolute atomic E-state index is 0.206. The highest BCUT2D eigenvalue weighted by Gasteiger charge is 2.10. The molecule has 4 heteroatoms. The fourth-order valence-electron chi connectivity index (χ4n) is 1.81. The van der Waals surface area contributed by atoms with Crippen molar-refractivity contribution in [1.82, 2.24) is 4.98 Å². The van der Waals surface area contributed by atoms with E-state index in [1.54, 1.807) is 0 Å². The average Bonchev–Trinajstić information content (AvgIpc) is 2.43. The summed E-state index contributed by atoms with van der Waals surface area (Å²) < 4.78 is 5.85. The lowest BCUT2D eigenvalue weighted by molar-refractivity contribution is 0.0237. The number of pyridine rings is 1. The van der Waals surface area contributed by atoms with Gasteiger partial charge in [0.05, 0.1) is 18.2 Å². The number of anilines is 1. The Morgan fingerprint density at radius 1 is 1.26 bits per heavy atom. The second-order valence-electron chi connectivity index (χ2n) is 5.09. The number of rotatable bonds is 5. The smallest absolute Gasteiger partial charge is 0.146 e. The van der Waals surface area contributed by atoms with Crippen LogP contribution >= 0.6 is 0 Å². The molecule has 1 unspecified atom stereocenters. The Bertz CT molecular complexity index is 554. The first kappa shape index (κ1) is 13.8. The third-order valence-electron chi connectivity index (χ3n) is 3.38. The van der Waals surface area contributed by atoms with Crippen molar-refractivity contribution >= 4 is 16.7 Å². The number of nitrogen functional groups attached to an aromatic ring is 1. The molecule has 0 saturated heterocycles. The van der Waals surface area contributed by atoms with Crippen LogP contribution in [0.25, 0.3) is 10.9 Å². The van der Waals surface area contributed by atoms with Crippen molar-refractivity contribution in [2.45, 2.75) is 33.5 Å². The van der Waals surface area contributed by atoms with Crippen molar-refractivity contribution in [2.24, 2.45) is 11.8 Å². The van der Waals surface area contributed by atoms with Crippen LogP contribution in [0.5, 0.6) is 0 Å². The number of nitrogens with one attached hydrogen (secondary N) is 1. The molecule has 102 valence electrons. The fourth-order valence-corrected chi connectivity index (χ4v) is 1.81. The fraction of sp³-hybridized carbons (Fsp3) is 0.400. The van der Waals surface area contributed by atoms with Gasteiger partial charge in [0.2, 0.25) is 0 Å². The van der Waals surface area contributed by atoms with Gasteiger partial charge in [-0.15, -0.1) is 0 Å². The highest BCUT2D eigenvalue weighted by Crippen LogP contribution is 2.21. The predicted molar refractivity (Wildman–Crippen MR) is 78.6 cm³/mol. The van der Waals surface area contributed by atoms with Crippen molar-refractivity contribution in [2.75, 3.05) is 5.43 Å². The number of fused-ring (bicyclic) bond motifs is 1. The van der Waals surface area contributed by atoms with Crippen LogP contribution in [-0.4, -0.2) is 11.1 Å². The maximum Gasteiger partial charge on any atom is 0.146 e. The highest BCUT2D eigenvalue weighted by atomic mass is 16.5. The van der Waals surface area contributed by atoms with E-state index in [1.165, 1.54) is 0 Å². The second-order valence-corrected chi connectivity index (χ2v) is 5.09. The summed E-state index contributed by atoms with van der Waals surface area (Å²) in [5.41, 5.74) is 4.56. The van der Waals surface area contributed by atoms with Gasteiger partial charge in [-0.05, 0) is 25.0 Å². The first-order valence-electron chi connectivity index (χ1n) is 6.58. The molecule has 0 amide bonds. The van der Waals surface area contributed by atoms with E-state index in [-0.39, 0.29) is 6.10 Å². The van der Waals surface area contributed by atoms with Crippen LogP contribution in [0, 0.1) is 5.92 Å². The number of nitrogens with zero attached hydrogens (tertiary/aromatic N) is 1. The summed E-state index contributed by atoms with van der Waals surface area (Å²) >= 11 is 0. The maximum absolute atomic E-state index is 5.85. The van der Waals surface area contributed by atoms with Gasteiger partial charge < -0.3 is 10.2 Å². The normalized spacial score (nSPS) is 12.9. The van der Waals surface area contributed by atoms with Gasteiger partial charge in [-0.2, -0.15) is 0 Å². The standard InChI is InChI=1S/C15H21N3O/c1-10(2)11(3)19-9-13-8-12-6-4-5-7-14(12)17-15(13)18-16/h4-8,10-11H,9,16H2,1-3H3,(H,17,18). The SMILES string of the molecule is CC(C)C(C)OCc1cc2ccccc2nc1NN. The Labute approximate surface area is 113 Å². The Morgan fingerprint density at radius 2 is 2.00 bits per heavy atom. The number of nitrogens with two attached hydrogens (primary N) is 1. The van der Waals surface area contributed by atoms with Crippen LogP contribution in [0.4, 0.5) is 5.82 Å². The van der Waals surface area contributed by atoms with Crippen molar-refractivity contribution in [3.8, 4) is 0 Å². The second kappa shape index (κ2) is 5.99. The molecule has 0 aliphatic heterocycles. The van der Waals surface area contributed by atoms with Gasteiger partial charge >= 0.3 is 0 Å². The third kappa shape index (κ3) is 3.22. The molecule has 1 atom stereocenters. The molecule has 0 aliphatic rings. The van der Waals surface area contributed by atoms with Gasteiger partial charge in [0.1, 0.15) is 5.82 Å². The molecule has 0 aliphatic carbocycles. The van der Waals surface area contributed by atoms with Crippen LogP contribution in [0.2, 0.25) is 0 Å². The molecule has 0 spiro atoms. The molecule has 4 nitrogen and oxygen atoms in total. The zero-order valence-electron chi connectivity index (χ0n) is 11.7. The van der Waals surface area contributed by atoms with E-state index in [0.717, 1.165) is 16.5 Å². The van der Waals surface area contributed by atoms with Gasteiger partial charge in [0.25, 0.3) is 0 Å². The van der Waals surface area contributed by atoms with Crippen molar-refractivity contribution in [1.29, 1.82) is 0 Å². The molecule has 0 fully saturated rings. The van der Waals surface area contributed by atoms with Crippen LogP contribution in [0.1, 0.15) is 26.3 Å². The number of hydrogen-bond donors (Lipinski definition) is 2. The first-order chi connectivity index (χ1) is 9.11. The van der Waals surface area contributed by atoms with Gasteiger partial charge in [0, 0.05) is 10.9 Å². The summed E-state index contributed by atoms with van der Waals surface area (Å²) in [6.07, 6.45) is 0.206. The van der Waals surface area contributed by atoms with E-state index in [0.29, 0.717) is 18.3 Å². The Balaban J connectivity index is 2.25. The lowest BCUT2D eigenvalue weighted by Crippen LogP contribution is -2.17. The van der Waals surface area contributed by atoms with Gasteiger partial charge in [-0.3, -0.25) is 0 Å². The Kier molecular flexibility index (Phi) is 4.35. The third-order valence-corrected chi connectivity index (χ3v) is 3.38. The Morgan fingerprint density at radius 3 is 2.68 bits per heavy atom. The number of ether oxygens (including phenoxy) is 1. The zero-order valence-corrected chi connectivity index (χ0v) is 11.7. The molecule has 2 aromatic rings. The van der Waals surface area contributed by atoms with Crippen LogP contribution in [-0.2, 0) is 11.3 Å². The maximum atomic E-state index is 5.85. The molecule has 2 rings (SSSR count). The van der Waals surface area contributed by atoms with E-state index in [9.17, 15) is 0 Å². The molecular weight excluding hydrogens is 238 g/mol. The van der Waals surface area contributed by atoms with Crippen molar-refractivity contribution in [3.05, 3.63) is 35.9 Å². The topological polar surface area (TPSA) is 60.2 Å². The summed E-state index contributed by atoms with van der Waals surface area (Å²) in [6.45, 7) is 6.88. The molecule has 1 aromatic carbocycles. The monoisotopic (exact) mass is 259 g/mol. The number of aromatic nitrogens is 1. The molecular formula is C15H21N3O. The molecule has 3 N–H and O–H groups in total. The molecule has 0 bridgehead atoms. The van der Waals surface area contributed by atoms with Gasteiger partial charge in [0.15, 0.2) is 0 Å². The molecule has 0 saturated carbocycles. The summed E-state index contributed by atoms with van der Waals surface area (Å²) in [6, 6.07) is 10.0. The van der Waals surface area contributed by atoms with Crippen LogP contribution in [0.3, 0.4) is 0 Å². The number of hydrazine groups is 1. The lowest BCUT2D eigenvalue weighted by atomic mass is 10.1. The summed E-state index contributed by atoms with van der Waals surface area (Å²) in [4.78, 5) is 4.50. The van der Waals surface area contributed by atoms with E-state index >= 15 is 0 Å². The zero-order chi connectivity index (χ0) is 13.8. The summed E-state index contributed by atoms with van der Waals surface area (Å²) in [5.74, 6) is 6.70. The van der Waals surface area contributed by atoms with Gasteiger partial charge in [-0.25, -0.2) is 10.8 Å². The quantitative estimate of drug-likeness (QED) is 0.640. The highest BCUT2D eigenvalue weighted by molar-refractivity contribution is 5.81. The lowest BCUT2D eigenvalue weighted by Gasteiger charge is -2.18. The summed E-state index contributed by atoms with van der Waals surface area (Å²) in [7, 11) is 0. The molecule has 1 heterocycles. The number of hydrogen-bond acceptors (Lipinski definition) is 4. The minimum Gasteiger partial charge on any atom is -0.373 e. The van der Waals surface area contributed by atoms with E-state index in [1.807, 2.05) is 24.3 Å². The average molecular weight is 259 g/mol. The van der Waals surface area contributed by atoms with E-state index in [2.05, 4.69) is 37.2 Å². The minimum atomic E-state index is 0.206. The first-order valence-corrected chi connectivity index (χ1v) is 6.58. The van der Waals surface area contributed by atoms with Gasteiger partial charge in [-0.1, -0.05) is 32.0 Å². The largest absolute Gasteiger partial charge is 0.373 e. The van der Waals surface area contributed by atoms with Crippen LogP contribution in [0.15, 0.2) is 30.3 Å². The van der Waals surface area contributed by atoms with E-state index in [4.69, 9.17) is 10.6 Å². The van der Waals surface area contributed by atoms with Crippen LogP contribution < -0.4 is 11.3 Å². The van der Waals surface area contributed by atoms with Crippen molar-refractivity contribution < 1.29 is 4.74 Å².